The van der Waals surface area contributed by atoms with Crippen molar-refractivity contribution in [3.05, 3.63) is 78.1 Å². The Kier molecular flexibility index (Phi) is 7.68. The molecule has 0 saturated heterocycles. The summed E-state index contributed by atoms with van der Waals surface area (Å²) in [4.78, 5) is 0. The van der Waals surface area contributed by atoms with E-state index in [0.29, 0.717) is 17.4 Å². The molecule has 2 fully saturated rings. The van der Waals surface area contributed by atoms with Gasteiger partial charge in [0.25, 0.3) is 0 Å². The number of halogens is 1. The fraction of sp³-hybridized carbons (Fsp3) is 0.333. The predicted molar refractivity (Wildman–Crippen MR) is 123 cm³/mol. The molecule has 0 atom stereocenters. The summed E-state index contributed by atoms with van der Waals surface area (Å²) in [5.41, 5.74) is 0.254. The van der Waals surface area contributed by atoms with Gasteiger partial charge in [0.1, 0.15) is 34.6 Å². The summed E-state index contributed by atoms with van der Waals surface area (Å²) in [6.07, 6.45) is 5.07. The SMILES string of the molecule is OCc1ccc(Oc2cccc(OCC3CC3)c2)cc1F.Oc1cccc(OCC2CC2)c1. The number of rotatable bonds is 9. The topological polar surface area (TPSA) is 68.2 Å². The van der Waals surface area contributed by atoms with Gasteiger partial charge in [-0.15, -0.1) is 0 Å². The number of benzene rings is 3. The second-order valence-electron chi connectivity index (χ2n) is 8.49. The van der Waals surface area contributed by atoms with Crippen molar-refractivity contribution in [1.29, 1.82) is 0 Å². The van der Waals surface area contributed by atoms with E-state index in [2.05, 4.69) is 0 Å². The molecule has 0 amide bonds. The maximum atomic E-state index is 13.6. The highest BCUT2D eigenvalue weighted by Crippen LogP contribution is 2.31. The number of aliphatic hydroxyl groups excluding tert-OH is 1. The van der Waals surface area contributed by atoms with Gasteiger partial charge in [0, 0.05) is 23.8 Å². The number of aliphatic hydroxyl groups is 1. The Morgan fingerprint density at radius 2 is 1.30 bits per heavy atom. The van der Waals surface area contributed by atoms with Crippen LogP contribution < -0.4 is 14.2 Å². The molecule has 0 aromatic heterocycles. The zero-order valence-corrected chi connectivity index (χ0v) is 18.5. The molecule has 6 heteroatoms. The third-order valence-corrected chi connectivity index (χ3v) is 5.42. The molecule has 0 aliphatic heterocycles. The first-order chi connectivity index (χ1) is 16.1. The highest BCUT2D eigenvalue weighted by molar-refractivity contribution is 5.38. The van der Waals surface area contributed by atoms with Gasteiger partial charge < -0.3 is 24.4 Å². The third kappa shape index (κ3) is 7.68. The van der Waals surface area contributed by atoms with E-state index < -0.39 is 5.82 Å². The van der Waals surface area contributed by atoms with Gasteiger partial charge in [-0.2, -0.15) is 0 Å². The van der Waals surface area contributed by atoms with E-state index in [-0.39, 0.29) is 17.9 Å². The quantitative estimate of drug-likeness (QED) is 0.412. The standard InChI is InChI=1S/C17H17FO3.C10H12O2/c18-17-9-16(7-6-13(17)10-19)21-15-3-1-2-14(8-15)20-11-12-4-5-12;11-9-2-1-3-10(6-9)12-7-8-4-5-8/h1-3,6-9,12,19H,4-5,10-11H2;1-3,6,8,11H,4-5,7H2. The first-order valence-corrected chi connectivity index (χ1v) is 11.3. The van der Waals surface area contributed by atoms with Crippen LogP contribution in [0.15, 0.2) is 66.7 Å². The molecule has 2 aliphatic carbocycles. The van der Waals surface area contributed by atoms with Crippen LogP contribution in [-0.2, 0) is 6.61 Å². The van der Waals surface area contributed by atoms with Crippen molar-refractivity contribution in [2.24, 2.45) is 11.8 Å². The van der Waals surface area contributed by atoms with Crippen LogP contribution in [0.5, 0.6) is 28.7 Å². The van der Waals surface area contributed by atoms with Gasteiger partial charge in [-0.1, -0.05) is 18.2 Å². The fourth-order valence-corrected chi connectivity index (χ4v) is 3.05. The minimum Gasteiger partial charge on any atom is -0.508 e. The van der Waals surface area contributed by atoms with E-state index in [1.807, 2.05) is 18.2 Å². The molecule has 0 unspecified atom stereocenters. The summed E-state index contributed by atoms with van der Waals surface area (Å²) in [5, 5.41) is 18.1. The third-order valence-electron chi connectivity index (χ3n) is 5.42. The van der Waals surface area contributed by atoms with Crippen LogP contribution in [0.2, 0.25) is 0 Å². The van der Waals surface area contributed by atoms with Gasteiger partial charge in [-0.3, -0.25) is 0 Å². The van der Waals surface area contributed by atoms with Crippen molar-refractivity contribution in [2.45, 2.75) is 32.3 Å². The molecule has 0 radical (unpaired) electrons. The monoisotopic (exact) mass is 452 g/mol. The lowest BCUT2D eigenvalue weighted by molar-refractivity contribution is 0.275. The summed E-state index contributed by atoms with van der Waals surface area (Å²) in [7, 11) is 0. The second-order valence-corrected chi connectivity index (χ2v) is 8.49. The molecule has 3 aromatic carbocycles. The smallest absolute Gasteiger partial charge is 0.132 e. The first-order valence-electron chi connectivity index (χ1n) is 11.3. The average Bonchev–Trinajstić information content (AvgIpc) is 3.73. The Morgan fingerprint density at radius 1 is 0.727 bits per heavy atom. The van der Waals surface area contributed by atoms with Gasteiger partial charge in [-0.25, -0.2) is 4.39 Å². The summed E-state index contributed by atoms with van der Waals surface area (Å²) < 4.78 is 30.3. The van der Waals surface area contributed by atoms with E-state index >= 15 is 0 Å². The Bertz CT molecular complexity index is 1050. The number of ether oxygens (including phenoxy) is 3. The number of phenols is 1. The van der Waals surface area contributed by atoms with Crippen molar-refractivity contribution < 1.29 is 28.8 Å². The number of aromatic hydroxyl groups is 1. The normalized spacial score (nSPS) is 14.7. The lowest BCUT2D eigenvalue weighted by atomic mass is 10.2. The van der Waals surface area contributed by atoms with Crippen LogP contribution >= 0.6 is 0 Å². The number of hydrogen-bond acceptors (Lipinski definition) is 5. The number of hydrogen-bond donors (Lipinski definition) is 2. The van der Waals surface area contributed by atoms with Crippen LogP contribution in [0.4, 0.5) is 4.39 Å². The highest BCUT2D eigenvalue weighted by Gasteiger charge is 2.22. The molecule has 2 N–H and O–H groups in total. The fourth-order valence-electron chi connectivity index (χ4n) is 3.05. The Hall–Kier alpha value is -3.25. The molecular formula is C27H29FO5. The molecule has 5 rings (SSSR count). The minimum atomic E-state index is -0.476. The van der Waals surface area contributed by atoms with Crippen molar-refractivity contribution >= 4 is 0 Å². The molecule has 0 bridgehead atoms. The number of phenolic OH excluding ortho intramolecular Hbond substituents is 1. The van der Waals surface area contributed by atoms with E-state index in [0.717, 1.165) is 30.6 Å². The van der Waals surface area contributed by atoms with Gasteiger partial charge >= 0.3 is 0 Å². The molecule has 0 heterocycles. The minimum absolute atomic E-state index is 0.254. The Morgan fingerprint density at radius 3 is 1.88 bits per heavy atom. The molecule has 2 saturated carbocycles. The Balaban J connectivity index is 0.000000183. The van der Waals surface area contributed by atoms with E-state index in [1.54, 1.807) is 36.4 Å². The van der Waals surface area contributed by atoms with Crippen LogP contribution in [0.3, 0.4) is 0 Å². The highest BCUT2D eigenvalue weighted by atomic mass is 19.1. The van der Waals surface area contributed by atoms with Crippen LogP contribution in [-0.4, -0.2) is 23.4 Å². The van der Waals surface area contributed by atoms with E-state index in [1.165, 1.54) is 37.8 Å². The maximum Gasteiger partial charge on any atom is 0.132 e. The summed E-state index contributed by atoms with van der Waals surface area (Å²) in [6.45, 7) is 1.21. The van der Waals surface area contributed by atoms with Crippen molar-refractivity contribution in [3.8, 4) is 28.7 Å². The van der Waals surface area contributed by atoms with E-state index in [9.17, 15) is 4.39 Å². The average molecular weight is 453 g/mol. The molecule has 3 aromatic rings. The molecule has 33 heavy (non-hydrogen) atoms. The molecule has 174 valence electrons. The lowest BCUT2D eigenvalue weighted by Gasteiger charge is -2.10. The van der Waals surface area contributed by atoms with Crippen LogP contribution in [0, 0.1) is 17.7 Å². The predicted octanol–water partition coefficient (Wildman–Crippen LogP) is 6.08. The van der Waals surface area contributed by atoms with Crippen molar-refractivity contribution in [1.82, 2.24) is 0 Å². The molecule has 2 aliphatic rings. The Labute approximate surface area is 193 Å². The largest absolute Gasteiger partial charge is 0.508 e. The zero-order chi connectivity index (χ0) is 23.0. The second kappa shape index (κ2) is 11.1. The summed E-state index contributed by atoms with van der Waals surface area (Å²) >= 11 is 0. The molecular weight excluding hydrogens is 423 g/mol. The van der Waals surface area contributed by atoms with Crippen LogP contribution in [0.25, 0.3) is 0 Å². The summed E-state index contributed by atoms with van der Waals surface area (Å²) in [5.74, 6) is 3.75. The van der Waals surface area contributed by atoms with Gasteiger partial charge in [0.15, 0.2) is 0 Å². The first kappa shape index (κ1) is 22.9. The van der Waals surface area contributed by atoms with Crippen LogP contribution in [0.1, 0.15) is 31.2 Å². The van der Waals surface area contributed by atoms with Gasteiger partial charge in [-0.05, 0) is 67.9 Å². The van der Waals surface area contributed by atoms with Crippen molar-refractivity contribution in [3.63, 3.8) is 0 Å². The molecule has 5 nitrogen and oxygen atoms in total. The van der Waals surface area contributed by atoms with Crippen molar-refractivity contribution in [2.75, 3.05) is 13.2 Å². The van der Waals surface area contributed by atoms with Gasteiger partial charge in [0.05, 0.1) is 19.8 Å². The lowest BCUT2D eigenvalue weighted by Crippen LogP contribution is -1.98. The molecule has 0 spiro atoms. The maximum absolute atomic E-state index is 13.6. The van der Waals surface area contributed by atoms with Gasteiger partial charge in [0.2, 0.25) is 0 Å². The van der Waals surface area contributed by atoms with E-state index in [4.69, 9.17) is 24.4 Å². The summed E-state index contributed by atoms with van der Waals surface area (Å²) in [6, 6.07) is 18.7. The zero-order valence-electron chi connectivity index (χ0n) is 18.5.